The first-order valence-electron chi connectivity index (χ1n) is 7.94. The molecule has 0 saturated carbocycles. The number of hydrogen-bond acceptors (Lipinski definition) is 7. The number of fused-ring (bicyclic) bond motifs is 1. The van der Waals surface area contributed by atoms with Crippen molar-refractivity contribution in [2.75, 3.05) is 19.9 Å². The van der Waals surface area contributed by atoms with Gasteiger partial charge in [-0.25, -0.2) is 4.68 Å². The normalized spacial score (nSPS) is 23.6. The van der Waals surface area contributed by atoms with E-state index in [0.717, 1.165) is 24.4 Å². The Balaban J connectivity index is 1.55. The Labute approximate surface area is 144 Å². The van der Waals surface area contributed by atoms with Gasteiger partial charge in [0.15, 0.2) is 11.5 Å². The van der Waals surface area contributed by atoms with Crippen molar-refractivity contribution in [1.82, 2.24) is 14.7 Å². The van der Waals surface area contributed by atoms with E-state index in [1.807, 2.05) is 18.2 Å². The first-order valence-corrected chi connectivity index (χ1v) is 8.35. The average Bonchev–Trinajstić information content (AvgIpc) is 3.12. The van der Waals surface area contributed by atoms with Crippen LogP contribution in [0.3, 0.4) is 0 Å². The fourth-order valence-electron chi connectivity index (χ4n) is 3.13. The van der Waals surface area contributed by atoms with Gasteiger partial charge < -0.3 is 18.6 Å². The van der Waals surface area contributed by atoms with Crippen LogP contribution in [-0.2, 0) is 11.4 Å². The molecule has 0 N–H and O–H groups in total. The summed E-state index contributed by atoms with van der Waals surface area (Å²) in [6.45, 7) is 6.66. The molecule has 2 aliphatic heterocycles. The Kier molecular flexibility index (Phi) is 4.03. The van der Waals surface area contributed by atoms with Gasteiger partial charge in [0.2, 0.25) is 12.7 Å². The van der Waals surface area contributed by atoms with Crippen LogP contribution >= 0.6 is 12.2 Å². The molecule has 1 aromatic heterocycles. The molecule has 128 valence electrons. The smallest absolute Gasteiger partial charge is 0.288 e. The molecule has 2 atom stereocenters. The van der Waals surface area contributed by atoms with Gasteiger partial charge in [-0.2, -0.15) is 0 Å². The Hall–Kier alpha value is -1.90. The standard InChI is InChI=1S/C16H19N3O4S/c1-10-6-18(7-11(2)22-10)8-19-16(24)23-15(17-19)12-3-4-13-14(5-12)21-9-20-13/h3-5,10-11H,6-9H2,1-2H3/t10-,11+. The lowest BCUT2D eigenvalue weighted by Gasteiger charge is -2.34. The number of morpholine rings is 1. The van der Waals surface area contributed by atoms with Gasteiger partial charge in [-0.1, -0.05) is 0 Å². The second kappa shape index (κ2) is 6.19. The Morgan fingerprint density at radius 1 is 1.17 bits per heavy atom. The third-order valence-electron chi connectivity index (χ3n) is 4.05. The number of aromatic nitrogens is 2. The molecule has 7 nitrogen and oxygen atoms in total. The fourth-order valence-corrected chi connectivity index (χ4v) is 3.31. The third-order valence-corrected chi connectivity index (χ3v) is 4.35. The molecule has 24 heavy (non-hydrogen) atoms. The van der Waals surface area contributed by atoms with Crippen LogP contribution in [-0.4, -0.2) is 46.8 Å². The summed E-state index contributed by atoms with van der Waals surface area (Å²) < 4.78 is 23.8. The predicted octanol–water partition coefficient (Wildman–Crippen LogP) is 2.67. The van der Waals surface area contributed by atoms with Crippen LogP contribution in [0.2, 0.25) is 0 Å². The Bertz CT molecular complexity index is 793. The van der Waals surface area contributed by atoms with E-state index in [1.165, 1.54) is 0 Å². The van der Waals surface area contributed by atoms with Crippen LogP contribution in [0.5, 0.6) is 11.5 Å². The summed E-state index contributed by atoms with van der Waals surface area (Å²) in [5, 5.41) is 4.52. The number of hydrogen-bond donors (Lipinski definition) is 0. The molecule has 1 aromatic carbocycles. The van der Waals surface area contributed by atoms with E-state index in [2.05, 4.69) is 23.8 Å². The highest BCUT2D eigenvalue weighted by molar-refractivity contribution is 7.71. The molecule has 1 saturated heterocycles. The highest BCUT2D eigenvalue weighted by Crippen LogP contribution is 2.35. The zero-order valence-electron chi connectivity index (χ0n) is 13.6. The van der Waals surface area contributed by atoms with E-state index in [1.54, 1.807) is 4.68 Å². The first-order chi connectivity index (χ1) is 11.6. The lowest BCUT2D eigenvalue weighted by molar-refractivity contribution is -0.0778. The monoisotopic (exact) mass is 349 g/mol. The van der Waals surface area contributed by atoms with Crippen molar-refractivity contribution in [3.05, 3.63) is 23.0 Å². The molecule has 0 radical (unpaired) electrons. The molecule has 0 spiro atoms. The first kappa shape index (κ1) is 15.6. The van der Waals surface area contributed by atoms with Gasteiger partial charge in [0.05, 0.1) is 18.9 Å². The zero-order valence-corrected chi connectivity index (χ0v) is 14.4. The zero-order chi connectivity index (χ0) is 16.7. The van der Waals surface area contributed by atoms with Gasteiger partial charge in [0, 0.05) is 18.7 Å². The summed E-state index contributed by atoms with van der Waals surface area (Å²) in [7, 11) is 0. The quantitative estimate of drug-likeness (QED) is 0.790. The summed E-state index contributed by atoms with van der Waals surface area (Å²) in [5.74, 6) is 1.90. The molecule has 0 unspecified atom stereocenters. The second-order valence-electron chi connectivity index (χ2n) is 6.18. The maximum atomic E-state index is 5.75. The van der Waals surface area contributed by atoms with Crippen LogP contribution in [0.1, 0.15) is 13.8 Å². The molecule has 8 heteroatoms. The highest BCUT2D eigenvalue weighted by Gasteiger charge is 2.23. The molecule has 0 amide bonds. The van der Waals surface area contributed by atoms with E-state index < -0.39 is 0 Å². The van der Waals surface area contributed by atoms with E-state index in [-0.39, 0.29) is 19.0 Å². The van der Waals surface area contributed by atoms with Crippen molar-refractivity contribution in [3.8, 4) is 23.0 Å². The SMILES string of the molecule is C[C@@H]1CN(Cn2nc(-c3ccc4c(c3)OCO4)oc2=S)C[C@H](C)O1. The number of benzene rings is 1. The van der Waals surface area contributed by atoms with Gasteiger partial charge in [0.1, 0.15) is 0 Å². The number of rotatable bonds is 3. The maximum absolute atomic E-state index is 5.75. The fraction of sp³-hybridized carbons (Fsp3) is 0.500. The number of nitrogens with zero attached hydrogens (tertiary/aromatic N) is 3. The molecular weight excluding hydrogens is 330 g/mol. The third kappa shape index (κ3) is 3.04. The summed E-state index contributed by atoms with van der Waals surface area (Å²) in [4.78, 5) is 2.62. The molecular formula is C16H19N3O4S. The van der Waals surface area contributed by atoms with Gasteiger partial charge in [-0.15, -0.1) is 5.10 Å². The molecule has 1 fully saturated rings. The number of ether oxygens (including phenoxy) is 3. The minimum atomic E-state index is 0.197. The van der Waals surface area contributed by atoms with E-state index in [9.17, 15) is 0 Å². The summed E-state index contributed by atoms with van der Waals surface area (Å²) in [6, 6.07) is 5.59. The molecule has 0 aliphatic carbocycles. The summed E-state index contributed by atoms with van der Waals surface area (Å²) >= 11 is 5.32. The highest BCUT2D eigenvalue weighted by atomic mass is 32.1. The molecule has 3 heterocycles. The topological polar surface area (TPSA) is 61.9 Å². The van der Waals surface area contributed by atoms with Gasteiger partial charge in [-0.05, 0) is 44.3 Å². The molecule has 2 aliphatic rings. The van der Waals surface area contributed by atoms with Crippen molar-refractivity contribution < 1.29 is 18.6 Å². The van der Waals surface area contributed by atoms with Crippen LogP contribution in [0.15, 0.2) is 22.6 Å². The molecule has 0 bridgehead atoms. The van der Waals surface area contributed by atoms with Crippen LogP contribution in [0, 0.1) is 4.84 Å². The van der Waals surface area contributed by atoms with Crippen LogP contribution in [0.4, 0.5) is 0 Å². The van der Waals surface area contributed by atoms with Gasteiger partial charge >= 0.3 is 0 Å². The van der Waals surface area contributed by atoms with Gasteiger partial charge in [-0.3, -0.25) is 4.90 Å². The van der Waals surface area contributed by atoms with Crippen LogP contribution in [0.25, 0.3) is 11.5 Å². The van der Waals surface area contributed by atoms with E-state index >= 15 is 0 Å². The van der Waals surface area contributed by atoms with E-state index in [4.69, 9.17) is 30.8 Å². The Morgan fingerprint density at radius 2 is 1.92 bits per heavy atom. The lowest BCUT2D eigenvalue weighted by atomic mass is 10.2. The van der Waals surface area contributed by atoms with Crippen molar-refractivity contribution in [2.24, 2.45) is 0 Å². The lowest BCUT2D eigenvalue weighted by Crippen LogP contribution is -2.46. The minimum Gasteiger partial charge on any atom is -0.454 e. The Morgan fingerprint density at radius 3 is 2.71 bits per heavy atom. The van der Waals surface area contributed by atoms with Crippen molar-refractivity contribution in [3.63, 3.8) is 0 Å². The second-order valence-corrected chi connectivity index (χ2v) is 6.52. The minimum absolute atomic E-state index is 0.197. The van der Waals surface area contributed by atoms with E-state index in [0.29, 0.717) is 23.1 Å². The van der Waals surface area contributed by atoms with Gasteiger partial charge in [0.25, 0.3) is 4.84 Å². The molecule has 4 rings (SSSR count). The largest absolute Gasteiger partial charge is 0.454 e. The van der Waals surface area contributed by atoms with Crippen molar-refractivity contribution in [1.29, 1.82) is 0 Å². The predicted molar refractivity (Wildman–Crippen MR) is 88.5 cm³/mol. The summed E-state index contributed by atoms with van der Waals surface area (Å²) in [5.41, 5.74) is 0.813. The van der Waals surface area contributed by atoms with Crippen molar-refractivity contribution in [2.45, 2.75) is 32.7 Å². The summed E-state index contributed by atoms with van der Waals surface area (Å²) in [6.07, 6.45) is 0.395. The molecule has 2 aromatic rings. The maximum Gasteiger partial charge on any atom is 0.288 e. The average molecular weight is 349 g/mol. The van der Waals surface area contributed by atoms with Crippen molar-refractivity contribution >= 4 is 12.2 Å². The van der Waals surface area contributed by atoms with Crippen LogP contribution < -0.4 is 9.47 Å².